The van der Waals surface area contributed by atoms with Gasteiger partial charge in [0.25, 0.3) is 0 Å². The van der Waals surface area contributed by atoms with Gasteiger partial charge in [-0.3, -0.25) is 0 Å². The third-order valence-electron chi connectivity index (χ3n) is 7.30. The monoisotopic (exact) mass is 437 g/mol. The molecule has 32 heavy (non-hydrogen) atoms. The predicted octanol–water partition coefficient (Wildman–Crippen LogP) is 4.64. The number of fused-ring (bicyclic) bond motifs is 1. The Bertz CT molecular complexity index is 972. The minimum atomic E-state index is -0.126. The van der Waals surface area contributed by atoms with Crippen molar-refractivity contribution in [3.63, 3.8) is 0 Å². The second-order valence-electron chi connectivity index (χ2n) is 9.42. The van der Waals surface area contributed by atoms with Gasteiger partial charge in [-0.15, -0.1) is 0 Å². The highest BCUT2D eigenvalue weighted by molar-refractivity contribution is 5.89. The summed E-state index contributed by atoms with van der Waals surface area (Å²) in [5.74, 6) is 1.54. The SMILES string of the molecule is COc1ccc([C@@]23CC[C@@H](NC(=O)Nc4cc(C)cc(C)c4)C[C@@H]2N(C)CC3)cc1OC. The molecule has 0 spiro atoms. The number of hydrogen-bond donors (Lipinski definition) is 2. The zero-order valence-corrected chi connectivity index (χ0v) is 19.8. The number of carbonyl (C=O) groups is 1. The van der Waals surface area contributed by atoms with Crippen molar-refractivity contribution in [3.8, 4) is 11.5 Å². The average molecular weight is 438 g/mol. The predicted molar refractivity (Wildman–Crippen MR) is 128 cm³/mol. The highest BCUT2D eigenvalue weighted by atomic mass is 16.5. The van der Waals surface area contributed by atoms with E-state index in [-0.39, 0.29) is 17.5 Å². The largest absolute Gasteiger partial charge is 0.493 e. The number of rotatable bonds is 5. The molecule has 0 aromatic heterocycles. The third-order valence-corrected chi connectivity index (χ3v) is 7.30. The van der Waals surface area contributed by atoms with Crippen LogP contribution < -0.4 is 20.1 Å². The number of nitrogens with zero attached hydrogens (tertiary/aromatic N) is 1. The van der Waals surface area contributed by atoms with Crippen LogP contribution in [0.2, 0.25) is 0 Å². The van der Waals surface area contributed by atoms with E-state index in [9.17, 15) is 4.79 Å². The first-order chi connectivity index (χ1) is 15.3. The summed E-state index contributed by atoms with van der Waals surface area (Å²) in [5.41, 5.74) is 4.52. The van der Waals surface area contributed by atoms with Gasteiger partial charge in [-0.2, -0.15) is 0 Å². The molecule has 4 rings (SSSR count). The Morgan fingerprint density at radius 1 is 1.03 bits per heavy atom. The van der Waals surface area contributed by atoms with Crippen LogP contribution >= 0.6 is 0 Å². The fraction of sp³-hybridized carbons (Fsp3) is 0.500. The van der Waals surface area contributed by atoms with Gasteiger partial charge in [0, 0.05) is 23.2 Å². The maximum atomic E-state index is 12.7. The van der Waals surface area contributed by atoms with E-state index in [0.29, 0.717) is 6.04 Å². The van der Waals surface area contributed by atoms with Crippen LogP contribution in [0.15, 0.2) is 36.4 Å². The highest BCUT2D eigenvalue weighted by Gasteiger charge is 2.50. The van der Waals surface area contributed by atoms with E-state index in [0.717, 1.165) is 60.5 Å². The lowest BCUT2D eigenvalue weighted by Crippen LogP contribution is -2.52. The normalized spacial score (nSPS) is 25.2. The molecule has 2 aliphatic rings. The van der Waals surface area contributed by atoms with Gasteiger partial charge in [0.15, 0.2) is 11.5 Å². The van der Waals surface area contributed by atoms with Gasteiger partial charge < -0.3 is 25.0 Å². The molecule has 1 heterocycles. The topological polar surface area (TPSA) is 62.8 Å². The van der Waals surface area contributed by atoms with E-state index >= 15 is 0 Å². The van der Waals surface area contributed by atoms with Gasteiger partial charge >= 0.3 is 6.03 Å². The second-order valence-corrected chi connectivity index (χ2v) is 9.42. The Morgan fingerprint density at radius 2 is 1.75 bits per heavy atom. The average Bonchev–Trinajstić information content (AvgIpc) is 3.09. The van der Waals surface area contributed by atoms with Crippen LogP contribution in [0.4, 0.5) is 10.5 Å². The lowest BCUT2D eigenvalue weighted by atomic mass is 9.65. The summed E-state index contributed by atoms with van der Waals surface area (Å²) in [6.07, 6.45) is 4.04. The maximum Gasteiger partial charge on any atom is 0.319 e. The summed E-state index contributed by atoms with van der Waals surface area (Å²) in [4.78, 5) is 15.2. The first kappa shape index (κ1) is 22.5. The van der Waals surface area contributed by atoms with Crippen LogP contribution in [0.25, 0.3) is 0 Å². The number of aryl methyl sites for hydroxylation is 2. The Morgan fingerprint density at radius 3 is 2.44 bits per heavy atom. The molecule has 6 heteroatoms. The van der Waals surface area contributed by atoms with Gasteiger partial charge in [-0.05, 0) is 94.1 Å². The van der Waals surface area contributed by atoms with Crippen molar-refractivity contribution in [2.45, 2.75) is 57.0 Å². The number of anilines is 1. The lowest BCUT2D eigenvalue weighted by molar-refractivity contribution is 0.156. The molecular formula is C26H35N3O3. The van der Waals surface area contributed by atoms with Gasteiger partial charge in [0.2, 0.25) is 0 Å². The molecular weight excluding hydrogens is 402 g/mol. The zero-order chi connectivity index (χ0) is 22.9. The number of urea groups is 1. The summed E-state index contributed by atoms with van der Waals surface area (Å²) in [5, 5.41) is 6.24. The van der Waals surface area contributed by atoms with Crippen molar-refractivity contribution >= 4 is 11.7 Å². The third kappa shape index (κ3) is 4.29. The Labute approximate surface area is 191 Å². The van der Waals surface area contributed by atoms with Gasteiger partial charge in [-0.25, -0.2) is 4.79 Å². The lowest BCUT2D eigenvalue weighted by Gasteiger charge is -2.45. The maximum absolute atomic E-state index is 12.7. The molecule has 172 valence electrons. The van der Waals surface area contributed by atoms with Crippen molar-refractivity contribution in [1.82, 2.24) is 10.2 Å². The Kier molecular flexibility index (Phi) is 6.33. The van der Waals surface area contributed by atoms with Gasteiger partial charge in [0.1, 0.15) is 0 Å². The number of amides is 2. The van der Waals surface area contributed by atoms with Crippen molar-refractivity contribution in [3.05, 3.63) is 53.1 Å². The van der Waals surface area contributed by atoms with Crippen LogP contribution in [0, 0.1) is 13.8 Å². The molecule has 2 aromatic rings. The number of likely N-dealkylation sites (N-methyl/N-ethyl adjacent to an activating group) is 1. The number of hydrogen-bond acceptors (Lipinski definition) is 4. The Hall–Kier alpha value is -2.73. The van der Waals surface area contributed by atoms with Crippen molar-refractivity contribution in [2.24, 2.45) is 0 Å². The molecule has 0 bridgehead atoms. The van der Waals surface area contributed by atoms with Crippen LogP contribution in [0.1, 0.15) is 42.4 Å². The molecule has 2 amide bonds. The summed E-state index contributed by atoms with van der Waals surface area (Å²) >= 11 is 0. The zero-order valence-electron chi connectivity index (χ0n) is 19.8. The molecule has 1 aliphatic heterocycles. The van der Waals surface area contributed by atoms with Crippen LogP contribution in [-0.2, 0) is 5.41 Å². The second kappa shape index (κ2) is 9.02. The van der Waals surface area contributed by atoms with Gasteiger partial charge in [-0.1, -0.05) is 12.1 Å². The molecule has 1 saturated carbocycles. The number of benzene rings is 2. The molecule has 0 unspecified atom stereocenters. The van der Waals surface area contributed by atoms with E-state index in [4.69, 9.17) is 9.47 Å². The molecule has 2 aromatic carbocycles. The highest BCUT2D eigenvalue weighted by Crippen LogP contribution is 2.49. The van der Waals surface area contributed by atoms with E-state index in [2.05, 4.69) is 40.8 Å². The van der Waals surface area contributed by atoms with Crippen LogP contribution in [-0.4, -0.2) is 50.8 Å². The minimum Gasteiger partial charge on any atom is -0.493 e. The number of methoxy groups -OCH3 is 2. The molecule has 2 fully saturated rings. The quantitative estimate of drug-likeness (QED) is 0.716. The molecule has 0 radical (unpaired) electrons. The summed E-state index contributed by atoms with van der Waals surface area (Å²) in [7, 11) is 5.56. The standard InChI is InChI=1S/C26H35N3O3/c1-17-12-18(2)14-21(13-17)28-25(30)27-20-8-9-26(10-11-29(3)24(26)16-20)19-6-7-22(31-4)23(15-19)32-5/h6-7,12-15,20,24H,8-11,16H2,1-5H3,(H2,27,28,30)/t20-,24+,26+/m1/s1. The molecule has 1 saturated heterocycles. The smallest absolute Gasteiger partial charge is 0.319 e. The van der Waals surface area contributed by atoms with Crippen molar-refractivity contribution in [1.29, 1.82) is 0 Å². The number of likely N-dealkylation sites (tertiary alicyclic amines) is 1. The van der Waals surface area contributed by atoms with Crippen LogP contribution in [0.3, 0.4) is 0 Å². The molecule has 3 atom stereocenters. The molecule has 2 N–H and O–H groups in total. The molecule has 6 nitrogen and oxygen atoms in total. The van der Waals surface area contributed by atoms with E-state index < -0.39 is 0 Å². The fourth-order valence-corrected chi connectivity index (χ4v) is 5.79. The van der Waals surface area contributed by atoms with Crippen LogP contribution in [0.5, 0.6) is 11.5 Å². The minimum absolute atomic E-state index is 0.0800. The van der Waals surface area contributed by atoms with E-state index in [1.807, 2.05) is 32.0 Å². The first-order valence-electron chi connectivity index (χ1n) is 11.4. The number of nitrogens with one attached hydrogen (secondary N) is 2. The van der Waals surface area contributed by atoms with Crippen molar-refractivity contribution in [2.75, 3.05) is 33.1 Å². The van der Waals surface area contributed by atoms with E-state index in [1.54, 1.807) is 14.2 Å². The first-order valence-corrected chi connectivity index (χ1v) is 11.4. The fourth-order valence-electron chi connectivity index (χ4n) is 5.79. The number of ether oxygens (including phenoxy) is 2. The molecule has 1 aliphatic carbocycles. The van der Waals surface area contributed by atoms with Crippen molar-refractivity contribution < 1.29 is 14.3 Å². The summed E-state index contributed by atoms with van der Waals surface area (Å²) < 4.78 is 11.0. The number of carbonyl (C=O) groups excluding carboxylic acids is 1. The van der Waals surface area contributed by atoms with Gasteiger partial charge in [0.05, 0.1) is 14.2 Å². The Balaban J connectivity index is 1.48. The summed E-state index contributed by atoms with van der Waals surface area (Å²) in [6, 6.07) is 12.9. The van der Waals surface area contributed by atoms with E-state index in [1.165, 1.54) is 5.56 Å². The summed E-state index contributed by atoms with van der Waals surface area (Å²) in [6.45, 7) is 5.14.